The number of nitrogens with zero attached hydrogens (tertiary/aromatic N) is 1. The largest absolute Gasteiger partial charge is 0.506 e. The number of fused-ring (bicyclic) bond motifs is 1. The number of phenolic OH excluding ortho intramolecular Hbond substituents is 1. The van der Waals surface area contributed by atoms with E-state index in [9.17, 15) is 9.90 Å². The third kappa shape index (κ3) is 3.19. The molecule has 0 aliphatic carbocycles. The van der Waals surface area contributed by atoms with E-state index in [1.54, 1.807) is 18.2 Å². The van der Waals surface area contributed by atoms with Crippen molar-refractivity contribution < 1.29 is 15.0 Å². The maximum atomic E-state index is 11.0. The molecule has 1 aliphatic rings. The fourth-order valence-electron chi connectivity index (χ4n) is 3.12. The normalized spacial score (nSPS) is 18.3. The summed E-state index contributed by atoms with van der Waals surface area (Å²) in [7, 11) is 2.06. The van der Waals surface area contributed by atoms with Crippen molar-refractivity contribution in [3.05, 3.63) is 63.7 Å². The van der Waals surface area contributed by atoms with Gasteiger partial charge < -0.3 is 15.1 Å². The first-order valence-electron chi connectivity index (χ1n) is 7.49. The number of halogens is 1. The summed E-state index contributed by atoms with van der Waals surface area (Å²) in [6.07, 6.45) is 0.871. The van der Waals surface area contributed by atoms with Crippen LogP contribution >= 0.6 is 11.6 Å². The van der Waals surface area contributed by atoms with Gasteiger partial charge in [0.25, 0.3) is 0 Å². The number of carboxylic acids is 1. The summed E-state index contributed by atoms with van der Waals surface area (Å²) in [6.45, 7) is 1.72. The molecule has 2 aromatic rings. The summed E-state index contributed by atoms with van der Waals surface area (Å²) in [5.74, 6) is -0.773. The fraction of sp³-hybridized carbons (Fsp3) is 0.278. The van der Waals surface area contributed by atoms with Gasteiger partial charge in [-0.1, -0.05) is 23.7 Å². The molecule has 4 nitrogen and oxygen atoms in total. The van der Waals surface area contributed by atoms with E-state index in [0.717, 1.165) is 36.2 Å². The van der Waals surface area contributed by atoms with Crippen LogP contribution in [0.2, 0.25) is 5.02 Å². The highest BCUT2D eigenvalue weighted by molar-refractivity contribution is 6.32. The molecule has 1 heterocycles. The van der Waals surface area contributed by atoms with E-state index in [-0.39, 0.29) is 17.2 Å². The lowest BCUT2D eigenvalue weighted by Gasteiger charge is -2.22. The zero-order valence-corrected chi connectivity index (χ0v) is 13.5. The molecular weight excluding hydrogens is 314 g/mol. The predicted molar refractivity (Wildman–Crippen MR) is 89.6 cm³/mol. The molecule has 0 fully saturated rings. The molecule has 5 heteroatoms. The Kier molecular flexibility index (Phi) is 4.28. The zero-order chi connectivity index (χ0) is 16.6. The number of aromatic hydroxyl groups is 1. The number of carbonyl (C=O) groups is 1. The van der Waals surface area contributed by atoms with Crippen molar-refractivity contribution in [1.29, 1.82) is 0 Å². The van der Waals surface area contributed by atoms with E-state index in [1.807, 2.05) is 18.2 Å². The molecule has 3 rings (SSSR count). The van der Waals surface area contributed by atoms with E-state index in [0.29, 0.717) is 5.02 Å². The van der Waals surface area contributed by atoms with Gasteiger partial charge in [0, 0.05) is 19.0 Å². The van der Waals surface area contributed by atoms with Crippen LogP contribution in [0.25, 0.3) is 0 Å². The van der Waals surface area contributed by atoms with E-state index in [2.05, 4.69) is 11.9 Å². The summed E-state index contributed by atoms with van der Waals surface area (Å²) in [5.41, 5.74) is 3.49. The molecule has 23 heavy (non-hydrogen) atoms. The molecular formula is C18H18ClNO3. The number of phenols is 1. The van der Waals surface area contributed by atoms with E-state index >= 15 is 0 Å². The lowest BCUT2D eigenvalue weighted by atomic mass is 9.87. The van der Waals surface area contributed by atoms with Crippen molar-refractivity contribution in [1.82, 2.24) is 4.90 Å². The molecule has 1 unspecified atom stereocenters. The first-order chi connectivity index (χ1) is 11.0. The Bertz CT molecular complexity index is 743. The van der Waals surface area contributed by atoms with Crippen molar-refractivity contribution in [2.75, 3.05) is 20.1 Å². The minimum Gasteiger partial charge on any atom is -0.506 e. The maximum absolute atomic E-state index is 11.0. The molecule has 0 saturated heterocycles. The Morgan fingerprint density at radius 3 is 2.61 bits per heavy atom. The van der Waals surface area contributed by atoms with E-state index in [1.165, 1.54) is 0 Å². The highest BCUT2D eigenvalue weighted by atomic mass is 35.5. The Hall–Kier alpha value is -2.04. The average molecular weight is 332 g/mol. The molecule has 0 bridgehead atoms. The molecule has 0 amide bonds. The summed E-state index contributed by atoms with van der Waals surface area (Å²) in [6, 6.07) is 10.5. The number of aromatic carboxylic acids is 1. The zero-order valence-electron chi connectivity index (χ0n) is 12.8. The van der Waals surface area contributed by atoms with Crippen molar-refractivity contribution in [3.63, 3.8) is 0 Å². The van der Waals surface area contributed by atoms with Gasteiger partial charge in [0.1, 0.15) is 5.75 Å². The summed E-state index contributed by atoms with van der Waals surface area (Å²) >= 11 is 6.06. The van der Waals surface area contributed by atoms with Crippen LogP contribution in [-0.4, -0.2) is 41.2 Å². The summed E-state index contributed by atoms with van der Waals surface area (Å²) in [4.78, 5) is 13.3. The first-order valence-corrected chi connectivity index (χ1v) is 7.86. The lowest BCUT2D eigenvalue weighted by molar-refractivity contribution is 0.0697. The highest BCUT2D eigenvalue weighted by Gasteiger charge is 2.24. The van der Waals surface area contributed by atoms with Crippen molar-refractivity contribution in [2.45, 2.75) is 12.3 Å². The Morgan fingerprint density at radius 1 is 1.26 bits per heavy atom. The topological polar surface area (TPSA) is 60.8 Å². The van der Waals surface area contributed by atoms with Gasteiger partial charge in [-0.2, -0.15) is 0 Å². The standard InChI is InChI=1S/C18H18ClNO3/c1-20-7-6-13-8-16(19)17(21)9-14(13)15(10-20)11-2-4-12(5-3-11)18(22)23/h2-5,8-9,15,21H,6-7,10H2,1H3,(H,22,23). The van der Waals surface area contributed by atoms with Crippen molar-refractivity contribution in [3.8, 4) is 5.75 Å². The molecule has 0 radical (unpaired) electrons. The number of hydrogen-bond donors (Lipinski definition) is 2. The predicted octanol–water partition coefficient (Wildman–Crippen LogP) is 3.36. The minimum atomic E-state index is -0.931. The average Bonchev–Trinajstić information content (AvgIpc) is 2.68. The van der Waals surface area contributed by atoms with Crippen LogP contribution in [0, 0.1) is 0 Å². The van der Waals surface area contributed by atoms with Crippen LogP contribution in [0.4, 0.5) is 0 Å². The van der Waals surface area contributed by atoms with Crippen LogP contribution < -0.4 is 0 Å². The Balaban J connectivity index is 2.06. The lowest BCUT2D eigenvalue weighted by Crippen LogP contribution is -2.24. The van der Waals surface area contributed by atoms with Crippen molar-refractivity contribution >= 4 is 17.6 Å². The third-order valence-electron chi connectivity index (χ3n) is 4.40. The van der Waals surface area contributed by atoms with Crippen LogP contribution in [0.1, 0.15) is 33.0 Å². The second-order valence-electron chi connectivity index (χ2n) is 5.99. The molecule has 120 valence electrons. The van der Waals surface area contributed by atoms with Crippen LogP contribution in [0.3, 0.4) is 0 Å². The molecule has 0 spiro atoms. The molecule has 1 aliphatic heterocycles. The molecule has 1 atom stereocenters. The third-order valence-corrected chi connectivity index (χ3v) is 4.70. The molecule has 2 aromatic carbocycles. The first kappa shape index (κ1) is 15.8. The number of carboxylic acid groups (broad SMARTS) is 1. The summed E-state index contributed by atoms with van der Waals surface area (Å²) in [5, 5.41) is 19.4. The van der Waals surface area contributed by atoms with Gasteiger partial charge in [0.15, 0.2) is 0 Å². The van der Waals surface area contributed by atoms with Crippen LogP contribution in [0.15, 0.2) is 36.4 Å². The van der Waals surface area contributed by atoms with Crippen molar-refractivity contribution in [2.24, 2.45) is 0 Å². The van der Waals surface area contributed by atoms with Gasteiger partial charge in [0.2, 0.25) is 0 Å². The maximum Gasteiger partial charge on any atom is 0.335 e. The number of hydrogen-bond acceptors (Lipinski definition) is 3. The molecule has 0 aromatic heterocycles. The van der Waals surface area contributed by atoms with E-state index in [4.69, 9.17) is 16.7 Å². The Labute approximate surface area is 139 Å². The van der Waals surface area contributed by atoms with Crippen LogP contribution in [-0.2, 0) is 6.42 Å². The van der Waals surface area contributed by atoms with Gasteiger partial charge in [-0.15, -0.1) is 0 Å². The summed E-state index contributed by atoms with van der Waals surface area (Å²) < 4.78 is 0. The van der Waals surface area contributed by atoms with Gasteiger partial charge in [-0.05, 0) is 54.4 Å². The second-order valence-corrected chi connectivity index (χ2v) is 6.40. The van der Waals surface area contributed by atoms with Gasteiger partial charge in [0.05, 0.1) is 10.6 Å². The van der Waals surface area contributed by atoms with Gasteiger partial charge >= 0.3 is 5.97 Å². The quantitative estimate of drug-likeness (QED) is 0.885. The van der Waals surface area contributed by atoms with Gasteiger partial charge in [-0.25, -0.2) is 4.79 Å². The monoisotopic (exact) mass is 331 g/mol. The van der Waals surface area contributed by atoms with Gasteiger partial charge in [-0.3, -0.25) is 0 Å². The second kappa shape index (κ2) is 6.22. The minimum absolute atomic E-state index is 0.0727. The highest BCUT2D eigenvalue weighted by Crippen LogP contribution is 2.36. The molecule has 2 N–H and O–H groups in total. The number of likely N-dealkylation sites (N-methyl/N-ethyl adjacent to an activating group) is 1. The smallest absolute Gasteiger partial charge is 0.335 e. The molecule has 0 saturated carbocycles. The number of benzene rings is 2. The van der Waals surface area contributed by atoms with E-state index < -0.39 is 5.97 Å². The fourth-order valence-corrected chi connectivity index (χ4v) is 3.30. The van der Waals surface area contributed by atoms with Crippen LogP contribution in [0.5, 0.6) is 5.75 Å². The SMILES string of the molecule is CN1CCc2cc(Cl)c(O)cc2C(c2ccc(C(=O)O)cc2)C1. The Morgan fingerprint density at radius 2 is 1.96 bits per heavy atom. The number of rotatable bonds is 2.